The normalized spacial score (nSPS) is 10.7. The lowest BCUT2D eigenvalue weighted by Gasteiger charge is -2.05. The predicted octanol–water partition coefficient (Wildman–Crippen LogP) is 4.83. The number of thiophene rings is 1. The summed E-state index contributed by atoms with van der Waals surface area (Å²) < 4.78 is 6.49. The number of benzene rings is 2. The third kappa shape index (κ3) is 2.86. The van der Waals surface area contributed by atoms with E-state index in [0.717, 1.165) is 21.4 Å². The van der Waals surface area contributed by atoms with E-state index in [0.29, 0.717) is 17.2 Å². The Morgan fingerprint density at radius 3 is 2.67 bits per heavy atom. The van der Waals surface area contributed by atoms with Gasteiger partial charge in [-0.3, -0.25) is 0 Å². The van der Waals surface area contributed by atoms with Crippen molar-refractivity contribution in [2.24, 2.45) is 0 Å². The first kappa shape index (κ1) is 13.9. The van der Waals surface area contributed by atoms with Gasteiger partial charge in [0, 0.05) is 15.3 Å². The molecule has 1 N–H and O–H groups in total. The third-order valence-corrected chi connectivity index (χ3v) is 4.45. The molecule has 0 amide bonds. The minimum Gasteiger partial charge on any atom is -0.489 e. The van der Waals surface area contributed by atoms with E-state index in [4.69, 9.17) is 16.3 Å². The lowest BCUT2D eigenvalue weighted by molar-refractivity contribution is 0.0699. The molecule has 2 aromatic carbocycles. The minimum atomic E-state index is -0.910. The lowest BCUT2D eigenvalue weighted by Crippen LogP contribution is -1.97. The molecule has 0 fully saturated rings. The smallest absolute Gasteiger partial charge is 0.337 e. The van der Waals surface area contributed by atoms with Crippen LogP contribution in [0.1, 0.15) is 15.9 Å². The molecule has 1 aromatic heterocycles. The fourth-order valence-electron chi connectivity index (χ4n) is 2.08. The minimum absolute atomic E-state index is 0.329. The second-order valence-electron chi connectivity index (χ2n) is 4.49. The Labute approximate surface area is 130 Å². The molecule has 0 spiro atoms. The van der Waals surface area contributed by atoms with Gasteiger partial charge >= 0.3 is 5.97 Å². The van der Waals surface area contributed by atoms with Crippen LogP contribution in [0, 0.1) is 0 Å². The Morgan fingerprint density at radius 1 is 1.19 bits per heavy atom. The van der Waals surface area contributed by atoms with Crippen LogP contribution in [0.5, 0.6) is 5.75 Å². The SMILES string of the molecule is O=C(O)c1cccc2c(COc3ccc(Cl)cc3)csc12. The van der Waals surface area contributed by atoms with E-state index < -0.39 is 5.97 Å². The molecule has 0 aliphatic heterocycles. The Morgan fingerprint density at radius 2 is 1.95 bits per heavy atom. The standard InChI is InChI=1S/C16H11ClO3S/c17-11-4-6-12(7-5-11)20-8-10-9-21-15-13(10)2-1-3-14(15)16(18)19/h1-7,9H,8H2,(H,18,19). The summed E-state index contributed by atoms with van der Waals surface area (Å²) in [6, 6.07) is 12.4. The van der Waals surface area contributed by atoms with Gasteiger partial charge in [0.25, 0.3) is 0 Å². The van der Waals surface area contributed by atoms with Gasteiger partial charge in [0.05, 0.1) is 5.56 Å². The molecule has 0 aliphatic rings. The quantitative estimate of drug-likeness (QED) is 0.749. The molecule has 5 heteroatoms. The van der Waals surface area contributed by atoms with E-state index in [1.165, 1.54) is 11.3 Å². The van der Waals surface area contributed by atoms with E-state index in [-0.39, 0.29) is 0 Å². The Bertz CT molecular complexity index is 793. The molecule has 1 heterocycles. The molecule has 21 heavy (non-hydrogen) atoms. The summed E-state index contributed by atoms with van der Waals surface area (Å²) in [5.74, 6) is -0.180. The summed E-state index contributed by atoms with van der Waals surface area (Å²) >= 11 is 7.25. The van der Waals surface area contributed by atoms with E-state index in [1.807, 2.05) is 11.4 Å². The van der Waals surface area contributed by atoms with Crippen LogP contribution in [0.25, 0.3) is 10.1 Å². The average Bonchev–Trinajstić information content (AvgIpc) is 2.89. The van der Waals surface area contributed by atoms with Gasteiger partial charge in [0.1, 0.15) is 12.4 Å². The maximum Gasteiger partial charge on any atom is 0.337 e. The molecule has 0 aliphatic carbocycles. The van der Waals surface area contributed by atoms with Gasteiger partial charge in [0.15, 0.2) is 0 Å². The highest BCUT2D eigenvalue weighted by Gasteiger charge is 2.12. The Balaban J connectivity index is 1.86. The van der Waals surface area contributed by atoms with Crippen molar-refractivity contribution in [3.63, 3.8) is 0 Å². The van der Waals surface area contributed by atoms with E-state index >= 15 is 0 Å². The van der Waals surface area contributed by atoms with Gasteiger partial charge in [0.2, 0.25) is 0 Å². The van der Waals surface area contributed by atoms with Crippen LogP contribution in [0.15, 0.2) is 47.8 Å². The monoisotopic (exact) mass is 318 g/mol. The van der Waals surface area contributed by atoms with Crippen molar-refractivity contribution in [2.45, 2.75) is 6.61 Å². The summed E-state index contributed by atoms with van der Waals surface area (Å²) in [4.78, 5) is 11.2. The van der Waals surface area contributed by atoms with Gasteiger partial charge in [-0.2, -0.15) is 0 Å². The number of fused-ring (bicyclic) bond motifs is 1. The van der Waals surface area contributed by atoms with Crippen molar-refractivity contribution in [1.82, 2.24) is 0 Å². The van der Waals surface area contributed by atoms with Gasteiger partial charge < -0.3 is 9.84 Å². The second-order valence-corrected chi connectivity index (χ2v) is 5.81. The van der Waals surface area contributed by atoms with E-state index in [1.54, 1.807) is 36.4 Å². The van der Waals surface area contributed by atoms with Crippen LogP contribution in [0.4, 0.5) is 0 Å². The first-order valence-corrected chi connectivity index (χ1v) is 7.51. The number of aromatic carboxylic acids is 1. The summed E-state index contributed by atoms with van der Waals surface area (Å²) in [5, 5.41) is 12.7. The number of hydrogen-bond acceptors (Lipinski definition) is 3. The van der Waals surface area contributed by atoms with Crippen molar-refractivity contribution in [1.29, 1.82) is 0 Å². The molecule has 3 nitrogen and oxygen atoms in total. The third-order valence-electron chi connectivity index (χ3n) is 3.12. The summed E-state index contributed by atoms with van der Waals surface area (Å²) in [6.45, 7) is 0.394. The van der Waals surface area contributed by atoms with Gasteiger partial charge in [-0.15, -0.1) is 11.3 Å². The van der Waals surface area contributed by atoms with E-state index in [9.17, 15) is 9.90 Å². The van der Waals surface area contributed by atoms with Crippen molar-refractivity contribution in [2.75, 3.05) is 0 Å². The highest BCUT2D eigenvalue weighted by Crippen LogP contribution is 2.30. The van der Waals surface area contributed by atoms with Gasteiger partial charge in [-0.1, -0.05) is 23.7 Å². The first-order valence-electron chi connectivity index (χ1n) is 6.26. The average molecular weight is 319 g/mol. The maximum absolute atomic E-state index is 11.2. The van der Waals surface area contributed by atoms with Crippen molar-refractivity contribution in [3.05, 3.63) is 64.0 Å². The van der Waals surface area contributed by atoms with Gasteiger partial charge in [-0.05, 0) is 41.1 Å². The molecule has 0 radical (unpaired) electrons. The molecule has 3 rings (SSSR count). The highest BCUT2D eigenvalue weighted by molar-refractivity contribution is 7.17. The zero-order chi connectivity index (χ0) is 14.8. The van der Waals surface area contributed by atoms with Crippen LogP contribution >= 0.6 is 22.9 Å². The topological polar surface area (TPSA) is 46.5 Å². The zero-order valence-corrected chi connectivity index (χ0v) is 12.4. The van der Waals surface area contributed by atoms with Crippen LogP contribution in [-0.4, -0.2) is 11.1 Å². The van der Waals surface area contributed by atoms with Crippen molar-refractivity contribution in [3.8, 4) is 5.75 Å². The molecular formula is C16H11ClO3S. The Kier molecular flexibility index (Phi) is 3.82. The van der Waals surface area contributed by atoms with Crippen LogP contribution in [-0.2, 0) is 6.61 Å². The molecule has 0 unspecified atom stereocenters. The zero-order valence-electron chi connectivity index (χ0n) is 10.9. The molecule has 106 valence electrons. The number of carboxylic acid groups (broad SMARTS) is 1. The van der Waals surface area contributed by atoms with Crippen molar-refractivity contribution < 1.29 is 14.6 Å². The van der Waals surface area contributed by atoms with E-state index in [2.05, 4.69) is 0 Å². The predicted molar refractivity (Wildman–Crippen MR) is 84.6 cm³/mol. The van der Waals surface area contributed by atoms with Crippen molar-refractivity contribution >= 4 is 39.0 Å². The maximum atomic E-state index is 11.2. The summed E-state index contributed by atoms with van der Waals surface area (Å²) in [6.07, 6.45) is 0. The fraction of sp³-hybridized carbons (Fsp3) is 0.0625. The highest BCUT2D eigenvalue weighted by atomic mass is 35.5. The molecule has 3 aromatic rings. The number of hydrogen-bond donors (Lipinski definition) is 1. The lowest BCUT2D eigenvalue weighted by atomic mass is 10.1. The molecular weight excluding hydrogens is 308 g/mol. The fourth-order valence-corrected chi connectivity index (χ4v) is 3.27. The number of ether oxygens (including phenoxy) is 1. The summed E-state index contributed by atoms with van der Waals surface area (Å²) in [7, 11) is 0. The second kappa shape index (κ2) is 5.76. The van der Waals surface area contributed by atoms with Crippen LogP contribution < -0.4 is 4.74 Å². The van der Waals surface area contributed by atoms with Crippen LogP contribution in [0.3, 0.4) is 0 Å². The van der Waals surface area contributed by atoms with Gasteiger partial charge in [-0.25, -0.2) is 4.79 Å². The number of carbonyl (C=O) groups is 1. The first-order chi connectivity index (χ1) is 10.1. The summed E-state index contributed by atoms with van der Waals surface area (Å²) in [5.41, 5.74) is 1.31. The number of halogens is 1. The molecule has 0 atom stereocenters. The molecule has 0 saturated carbocycles. The largest absolute Gasteiger partial charge is 0.489 e. The van der Waals surface area contributed by atoms with Crippen LogP contribution in [0.2, 0.25) is 5.02 Å². The molecule has 0 bridgehead atoms. The number of carboxylic acids is 1. The molecule has 0 saturated heterocycles. The number of rotatable bonds is 4. The Hall–Kier alpha value is -2.04.